The summed E-state index contributed by atoms with van der Waals surface area (Å²) >= 11 is 0. The highest BCUT2D eigenvalue weighted by atomic mass is 16.5. The molecule has 0 heterocycles. The second-order valence-corrected chi connectivity index (χ2v) is 3.03. The number of allylic oxidation sites excluding steroid dienone is 2. The molecule has 0 atom stereocenters. The average molecular weight is 202 g/mol. The summed E-state index contributed by atoms with van der Waals surface area (Å²) in [5.41, 5.74) is 2.13. The number of rotatable bonds is 3. The molecule has 1 aromatic carbocycles. The molecule has 1 nitrogen and oxygen atoms in total. The van der Waals surface area contributed by atoms with E-state index in [1.54, 1.807) is 19.3 Å². The normalized spacial score (nSPS) is 8.13. The zero-order valence-corrected chi connectivity index (χ0v) is 9.49. The van der Waals surface area contributed by atoms with Gasteiger partial charge in [0.2, 0.25) is 0 Å². The van der Waals surface area contributed by atoms with Crippen LogP contribution in [0.3, 0.4) is 0 Å². The Balaban J connectivity index is 0.000000336. The van der Waals surface area contributed by atoms with Crippen molar-refractivity contribution in [2.75, 3.05) is 7.11 Å². The molecule has 80 valence electrons. The van der Waals surface area contributed by atoms with Gasteiger partial charge in [0, 0.05) is 0 Å². The number of methoxy groups -OCH3 is 1. The Kier molecular flexibility index (Phi) is 6.73. The first-order chi connectivity index (χ1) is 7.13. The van der Waals surface area contributed by atoms with Crippen molar-refractivity contribution in [1.29, 1.82) is 0 Å². The fourth-order valence-corrected chi connectivity index (χ4v) is 0.740. The van der Waals surface area contributed by atoms with Gasteiger partial charge in [-0.05, 0) is 24.6 Å². The minimum absolute atomic E-state index is 0.880. The van der Waals surface area contributed by atoms with E-state index in [1.807, 2.05) is 31.2 Å². The van der Waals surface area contributed by atoms with E-state index in [0.29, 0.717) is 0 Å². The maximum absolute atomic E-state index is 4.98. The minimum Gasteiger partial charge on any atom is -0.497 e. The van der Waals surface area contributed by atoms with Gasteiger partial charge in [0.25, 0.3) is 0 Å². The van der Waals surface area contributed by atoms with Crippen LogP contribution in [0.25, 0.3) is 6.08 Å². The molecule has 0 aliphatic rings. The van der Waals surface area contributed by atoms with Crippen molar-refractivity contribution < 1.29 is 4.74 Å². The third kappa shape index (κ3) is 6.33. The predicted molar refractivity (Wildman–Crippen MR) is 68.1 cm³/mol. The van der Waals surface area contributed by atoms with Gasteiger partial charge >= 0.3 is 0 Å². The number of ether oxygens (including phenoxy) is 1. The summed E-state index contributed by atoms with van der Waals surface area (Å²) in [5.74, 6) is 0.880. The maximum Gasteiger partial charge on any atom is 0.118 e. The number of hydrogen-bond donors (Lipinski definition) is 0. The molecule has 15 heavy (non-hydrogen) atoms. The average Bonchev–Trinajstić information content (AvgIpc) is 2.30. The van der Waals surface area contributed by atoms with Crippen molar-refractivity contribution >= 4 is 6.08 Å². The third-order valence-electron chi connectivity index (χ3n) is 1.70. The van der Waals surface area contributed by atoms with Gasteiger partial charge in [-0.3, -0.25) is 0 Å². The fourth-order valence-electron chi connectivity index (χ4n) is 0.740. The molecule has 0 amide bonds. The summed E-state index contributed by atoms with van der Waals surface area (Å²) in [6.07, 6.45) is 3.53. The topological polar surface area (TPSA) is 9.23 Å². The van der Waals surface area contributed by atoms with Gasteiger partial charge in [0.15, 0.2) is 0 Å². The maximum atomic E-state index is 4.98. The second-order valence-electron chi connectivity index (χ2n) is 3.03. The zero-order valence-electron chi connectivity index (χ0n) is 9.49. The molecule has 1 heteroatoms. The lowest BCUT2D eigenvalue weighted by molar-refractivity contribution is 0.415. The van der Waals surface area contributed by atoms with E-state index in [1.165, 1.54) is 0 Å². The standard InChI is InChI=1S/C9H10O.C5H8/c1-3-8-4-6-9(10-2)7-5-8;1-4-5(2)3/h3-7H,1H2,2H3;4H,1-2H2,3H3. The molecule has 0 radical (unpaired) electrons. The first-order valence-corrected chi connectivity index (χ1v) is 4.68. The molecular formula is C14H18O. The van der Waals surface area contributed by atoms with Crippen molar-refractivity contribution in [2.24, 2.45) is 0 Å². The van der Waals surface area contributed by atoms with E-state index in [-0.39, 0.29) is 0 Å². The summed E-state index contributed by atoms with van der Waals surface area (Å²) in [6, 6.07) is 7.76. The van der Waals surface area contributed by atoms with Gasteiger partial charge in [-0.2, -0.15) is 0 Å². The van der Waals surface area contributed by atoms with Crippen LogP contribution in [0, 0.1) is 0 Å². The largest absolute Gasteiger partial charge is 0.497 e. The summed E-state index contributed by atoms with van der Waals surface area (Å²) in [5, 5.41) is 0. The summed E-state index contributed by atoms with van der Waals surface area (Å²) < 4.78 is 4.98. The van der Waals surface area contributed by atoms with E-state index in [9.17, 15) is 0 Å². The molecule has 0 unspecified atom stereocenters. The molecule has 0 aliphatic carbocycles. The van der Waals surface area contributed by atoms with Crippen LogP contribution in [0.5, 0.6) is 5.75 Å². The predicted octanol–water partition coefficient (Wildman–Crippen LogP) is 4.09. The van der Waals surface area contributed by atoms with Crippen molar-refractivity contribution in [3.05, 3.63) is 61.2 Å². The third-order valence-corrected chi connectivity index (χ3v) is 1.70. The van der Waals surface area contributed by atoms with Crippen molar-refractivity contribution in [3.8, 4) is 5.75 Å². The monoisotopic (exact) mass is 202 g/mol. The smallest absolute Gasteiger partial charge is 0.118 e. The van der Waals surface area contributed by atoms with Crippen LogP contribution >= 0.6 is 0 Å². The lowest BCUT2D eigenvalue weighted by Gasteiger charge is -1.97. The molecule has 0 saturated heterocycles. The Labute approximate surface area is 92.4 Å². The first-order valence-electron chi connectivity index (χ1n) is 4.68. The molecule has 0 fully saturated rings. The Hall–Kier alpha value is -1.76. The Morgan fingerprint density at radius 3 is 1.93 bits per heavy atom. The zero-order chi connectivity index (χ0) is 11.7. The number of hydrogen-bond acceptors (Lipinski definition) is 1. The highest BCUT2D eigenvalue weighted by Gasteiger charge is 1.87. The molecule has 0 spiro atoms. The molecule has 0 N–H and O–H groups in total. The molecular weight excluding hydrogens is 184 g/mol. The van der Waals surface area contributed by atoms with Crippen LogP contribution < -0.4 is 4.74 Å². The molecule has 0 bridgehead atoms. The number of benzene rings is 1. The van der Waals surface area contributed by atoms with Crippen LogP contribution in [0.15, 0.2) is 55.7 Å². The Morgan fingerprint density at radius 2 is 1.67 bits per heavy atom. The van der Waals surface area contributed by atoms with Crippen LogP contribution in [-0.4, -0.2) is 7.11 Å². The van der Waals surface area contributed by atoms with Crippen LogP contribution in [-0.2, 0) is 0 Å². The molecule has 1 rings (SSSR count). The quantitative estimate of drug-likeness (QED) is 0.671. The highest BCUT2D eigenvalue weighted by Crippen LogP contribution is 2.11. The molecule has 0 saturated carbocycles. The fraction of sp³-hybridized carbons (Fsp3) is 0.143. The minimum atomic E-state index is 0.880. The van der Waals surface area contributed by atoms with Gasteiger partial charge in [-0.1, -0.05) is 49.6 Å². The lowest BCUT2D eigenvalue weighted by atomic mass is 10.2. The summed E-state index contributed by atoms with van der Waals surface area (Å²) in [6.45, 7) is 12.6. The highest BCUT2D eigenvalue weighted by molar-refractivity contribution is 5.48. The lowest BCUT2D eigenvalue weighted by Crippen LogP contribution is -1.80. The van der Waals surface area contributed by atoms with E-state index < -0.39 is 0 Å². The van der Waals surface area contributed by atoms with Crippen molar-refractivity contribution in [2.45, 2.75) is 6.92 Å². The second kappa shape index (κ2) is 7.63. The van der Waals surface area contributed by atoms with Crippen molar-refractivity contribution in [3.63, 3.8) is 0 Å². The van der Waals surface area contributed by atoms with Crippen LogP contribution in [0.4, 0.5) is 0 Å². The van der Waals surface area contributed by atoms with Gasteiger partial charge in [-0.15, -0.1) is 0 Å². The molecule has 0 aromatic heterocycles. The summed E-state index contributed by atoms with van der Waals surface area (Å²) in [4.78, 5) is 0. The Morgan fingerprint density at radius 1 is 1.20 bits per heavy atom. The van der Waals surface area contributed by atoms with E-state index in [2.05, 4.69) is 19.7 Å². The van der Waals surface area contributed by atoms with E-state index in [4.69, 9.17) is 4.74 Å². The van der Waals surface area contributed by atoms with Crippen molar-refractivity contribution in [1.82, 2.24) is 0 Å². The Bertz CT molecular complexity index is 320. The van der Waals surface area contributed by atoms with Gasteiger partial charge < -0.3 is 4.74 Å². The van der Waals surface area contributed by atoms with Gasteiger partial charge in [-0.25, -0.2) is 0 Å². The van der Waals surface area contributed by atoms with Gasteiger partial charge in [0.05, 0.1) is 7.11 Å². The van der Waals surface area contributed by atoms with Gasteiger partial charge in [0.1, 0.15) is 5.75 Å². The SMILES string of the molecule is C=CC(=C)C.C=Cc1ccc(OC)cc1. The molecule has 0 aliphatic heterocycles. The van der Waals surface area contributed by atoms with Crippen LogP contribution in [0.2, 0.25) is 0 Å². The first kappa shape index (κ1) is 13.2. The van der Waals surface area contributed by atoms with E-state index in [0.717, 1.165) is 16.9 Å². The van der Waals surface area contributed by atoms with Crippen LogP contribution in [0.1, 0.15) is 12.5 Å². The summed E-state index contributed by atoms with van der Waals surface area (Å²) in [7, 11) is 1.66. The van der Waals surface area contributed by atoms with E-state index >= 15 is 0 Å². The molecule has 1 aromatic rings.